The molecule has 0 aliphatic heterocycles. The van der Waals surface area contributed by atoms with E-state index < -0.39 is 15.3 Å². The molecule has 0 saturated carbocycles. The molecule has 0 bridgehead atoms. The molecule has 3 aromatic rings. The lowest BCUT2D eigenvalue weighted by molar-refractivity contribution is 0.258. The van der Waals surface area contributed by atoms with Crippen LogP contribution in [-0.4, -0.2) is 21.3 Å². The van der Waals surface area contributed by atoms with Crippen LogP contribution >= 0.6 is 11.6 Å². The maximum absolute atomic E-state index is 11.5. The van der Waals surface area contributed by atoms with Crippen molar-refractivity contribution in [3.63, 3.8) is 0 Å². The first-order chi connectivity index (χ1) is 15.6. The molecule has 174 valence electrons. The molecular weight excluding hydrogens is 462 g/mol. The summed E-state index contributed by atoms with van der Waals surface area (Å²) in [5, 5.41) is 9.92. The molecule has 0 aliphatic rings. The summed E-state index contributed by atoms with van der Waals surface area (Å²) in [5.41, 5.74) is 1.88. The zero-order chi connectivity index (χ0) is 24.2. The number of benzene rings is 2. The van der Waals surface area contributed by atoms with E-state index in [2.05, 4.69) is 19.9 Å². The molecule has 0 amide bonds. The molecule has 0 aliphatic carbocycles. The molecule has 0 unspecified atom stereocenters. The normalized spacial score (nSPS) is 11.8. The first kappa shape index (κ1) is 24.7. The van der Waals surface area contributed by atoms with E-state index in [0.717, 1.165) is 23.8 Å². The monoisotopic (exact) mass is 487 g/mol. The molecule has 6 nitrogen and oxygen atoms in total. The molecule has 1 aromatic heterocycles. The van der Waals surface area contributed by atoms with Crippen LogP contribution in [0.15, 0.2) is 58.0 Å². The van der Waals surface area contributed by atoms with Crippen LogP contribution in [-0.2, 0) is 21.9 Å². The third-order valence-electron chi connectivity index (χ3n) is 5.30. The number of rotatable bonds is 9. The smallest absolute Gasteiger partial charge is 0.218 e. The number of nitrogens with zero attached hydrogens (tertiary/aromatic N) is 1. The molecule has 8 heteroatoms. The minimum atomic E-state index is -3.39. The summed E-state index contributed by atoms with van der Waals surface area (Å²) in [6, 6.07) is 16.4. The van der Waals surface area contributed by atoms with E-state index in [9.17, 15) is 13.7 Å². The quantitative estimate of drug-likeness (QED) is 0.373. The van der Waals surface area contributed by atoms with Gasteiger partial charge in [0, 0.05) is 11.7 Å². The van der Waals surface area contributed by atoms with Crippen molar-refractivity contribution < 1.29 is 22.3 Å². The van der Waals surface area contributed by atoms with Crippen molar-refractivity contribution >= 4 is 21.4 Å². The minimum absolute atomic E-state index is 0.0836. The molecule has 2 aromatic carbocycles. The van der Waals surface area contributed by atoms with E-state index >= 15 is 0 Å². The lowest BCUT2D eigenvalue weighted by Gasteiger charge is -2.27. The van der Waals surface area contributed by atoms with Gasteiger partial charge in [0.25, 0.3) is 0 Å². The Hall–Kier alpha value is -2.95. The fourth-order valence-electron chi connectivity index (χ4n) is 3.31. The Bertz CT molecular complexity index is 1270. The second kappa shape index (κ2) is 9.90. The second-order valence-electron chi connectivity index (χ2n) is 8.23. The molecule has 3 rings (SSSR count). The molecule has 0 N–H and O–H groups in total. The van der Waals surface area contributed by atoms with Crippen molar-refractivity contribution in [2.45, 2.75) is 44.3 Å². The molecule has 0 atom stereocenters. The van der Waals surface area contributed by atoms with Crippen molar-refractivity contribution in [1.29, 1.82) is 5.26 Å². The van der Waals surface area contributed by atoms with E-state index in [1.807, 2.05) is 43.3 Å². The summed E-state index contributed by atoms with van der Waals surface area (Å²) >= 11 is 6.45. The van der Waals surface area contributed by atoms with Gasteiger partial charge in [0.15, 0.2) is 5.75 Å². The van der Waals surface area contributed by atoms with E-state index in [1.165, 1.54) is 6.07 Å². The summed E-state index contributed by atoms with van der Waals surface area (Å²) < 4.78 is 39.8. The van der Waals surface area contributed by atoms with E-state index in [0.29, 0.717) is 34.5 Å². The number of hydrogen-bond donors (Lipinski definition) is 0. The third-order valence-corrected chi connectivity index (χ3v) is 6.53. The minimum Gasteiger partial charge on any atom is -0.491 e. The van der Waals surface area contributed by atoms with Crippen molar-refractivity contribution in [2.24, 2.45) is 0 Å². The lowest BCUT2D eigenvalue weighted by Crippen LogP contribution is -2.19. The topological polar surface area (TPSA) is 89.5 Å². The average Bonchev–Trinajstić information content (AvgIpc) is 3.26. The maximum Gasteiger partial charge on any atom is 0.218 e. The Kier molecular flexibility index (Phi) is 7.41. The predicted octanol–water partition coefficient (Wildman–Crippen LogP) is 5.90. The fourth-order valence-corrected chi connectivity index (χ4v) is 4.16. The van der Waals surface area contributed by atoms with Gasteiger partial charge in [-0.25, -0.2) is 8.42 Å². The second-order valence-corrected chi connectivity index (χ2v) is 10.6. The number of sulfone groups is 1. The van der Waals surface area contributed by atoms with Crippen LogP contribution in [0.5, 0.6) is 11.5 Å². The fraction of sp³-hybridized carbons (Fsp3) is 0.320. The standard InChI is InChI=1S/C25H26ClNO5S/c1-5-12-30-24-17(15-27)13-19(14-22(24)26)25(2,3)18-6-8-20(9-7-18)31-16-21-10-11-23(32-21)33(4,28)29/h6-11,13-14H,5,12,16H2,1-4H3. The van der Waals surface area contributed by atoms with E-state index in [1.54, 1.807) is 6.07 Å². The van der Waals surface area contributed by atoms with Crippen LogP contribution in [0.1, 0.15) is 49.6 Å². The van der Waals surface area contributed by atoms with Crippen molar-refractivity contribution in [3.05, 3.63) is 76.0 Å². The van der Waals surface area contributed by atoms with Gasteiger partial charge >= 0.3 is 0 Å². The van der Waals surface area contributed by atoms with Crippen LogP contribution in [0, 0.1) is 11.3 Å². The highest BCUT2D eigenvalue weighted by Crippen LogP contribution is 2.38. The summed E-state index contributed by atoms with van der Waals surface area (Å²) in [4.78, 5) is 0. The molecule has 0 fully saturated rings. The number of halogens is 1. The van der Waals surface area contributed by atoms with Gasteiger partial charge in [0.1, 0.15) is 24.2 Å². The molecule has 33 heavy (non-hydrogen) atoms. The van der Waals surface area contributed by atoms with E-state index in [4.69, 9.17) is 25.5 Å². The molecule has 1 heterocycles. The van der Waals surface area contributed by atoms with Crippen molar-refractivity contribution in [2.75, 3.05) is 12.9 Å². The number of furan rings is 1. The predicted molar refractivity (Wildman–Crippen MR) is 127 cm³/mol. The molecule has 0 saturated heterocycles. The average molecular weight is 488 g/mol. The largest absolute Gasteiger partial charge is 0.491 e. The molecular formula is C25H26ClNO5S. The molecule has 0 radical (unpaired) electrons. The highest BCUT2D eigenvalue weighted by atomic mass is 35.5. The maximum atomic E-state index is 11.5. The van der Waals surface area contributed by atoms with Crippen molar-refractivity contribution in [3.8, 4) is 17.6 Å². The summed E-state index contributed by atoms with van der Waals surface area (Å²) in [5.74, 6) is 1.45. The Morgan fingerprint density at radius 1 is 1.06 bits per heavy atom. The SMILES string of the molecule is CCCOc1c(Cl)cc(C(C)(C)c2ccc(OCc3ccc(S(C)(=O)=O)o3)cc2)cc1C#N. The number of ether oxygens (including phenoxy) is 2. The van der Waals surface area contributed by atoms with E-state index in [-0.39, 0.29) is 11.7 Å². The van der Waals surface area contributed by atoms with Crippen LogP contribution in [0.3, 0.4) is 0 Å². The summed E-state index contributed by atoms with van der Waals surface area (Å²) in [6.07, 6.45) is 1.91. The Balaban J connectivity index is 1.77. The third kappa shape index (κ3) is 5.70. The molecule has 0 spiro atoms. The van der Waals surface area contributed by atoms with Gasteiger partial charge in [-0.05, 0) is 53.9 Å². The van der Waals surface area contributed by atoms with Crippen molar-refractivity contribution in [1.82, 2.24) is 0 Å². The van der Waals surface area contributed by atoms with Gasteiger partial charge in [0.2, 0.25) is 14.9 Å². The van der Waals surface area contributed by atoms with Gasteiger partial charge in [0.05, 0.1) is 17.2 Å². The first-order valence-electron chi connectivity index (χ1n) is 10.4. The number of nitriles is 1. The van der Waals surface area contributed by atoms with Gasteiger partial charge in [-0.15, -0.1) is 0 Å². The highest BCUT2D eigenvalue weighted by Gasteiger charge is 2.26. The van der Waals surface area contributed by atoms with Gasteiger partial charge in [-0.2, -0.15) is 5.26 Å². The van der Waals surface area contributed by atoms with Gasteiger partial charge in [-0.3, -0.25) is 0 Å². The highest BCUT2D eigenvalue weighted by molar-refractivity contribution is 7.90. The zero-order valence-corrected chi connectivity index (χ0v) is 20.6. The van der Waals surface area contributed by atoms with Crippen LogP contribution in [0.4, 0.5) is 0 Å². The first-order valence-corrected chi connectivity index (χ1v) is 12.7. The Morgan fingerprint density at radius 3 is 2.33 bits per heavy atom. The Morgan fingerprint density at radius 2 is 1.76 bits per heavy atom. The van der Waals surface area contributed by atoms with Crippen LogP contribution < -0.4 is 9.47 Å². The zero-order valence-electron chi connectivity index (χ0n) is 19.0. The number of hydrogen-bond acceptors (Lipinski definition) is 6. The summed E-state index contributed by atoms with van der Waals surface area (Å²) in [6.45, 7) is 6.70. The lowest BCUT2D eigenvalue weighted by atomic mass is 9.77. The van der Waals surface area contributed by atoms with Crippen LogP contribution in [0.25, 0.3) is 0 Å². The van der Waals surface area contributed by atoms with Gasteiger partial charge < -0.3 is 13.9 Å². The van der Waals surface area contributed by atoms with Crippen LogP contribution in [0.2, 0.25) is 5.02 Å². The Labute approximate surface area is 199 Å². The van der Waals surface area contributed by atoms with Gasteiger partial charge in [-0.1, -0.05) is 44.5 Å². The summed E-state index contributed by atoms with van der Waals surface area (Å²) in [7, 11) is -3.39.